The van der Waals surface area contributed by atoms with Crippen LogP contribution >= 0.6 is 0 Å². The first-order valence-electron chi connectivity index (χ1n) is 4.30. The lowest BCUT2D eigenvalue weighted by molar-refractivity contribution is -0.698. The molecule has 2 N–H and O–H groups in total. The molecule has 1 heterocycles. The molecule has 0 aliphatic rings. The fourth-order valence-electron chi connectivity index (χ4n) is 0.862. The predicted octanol–water partition coefficient (Wildman–Crippen LogP) is -0.713. The number of aromatic nitrogens is 2. The number of imidazole rings is 1. The molecule has 0 aliphatic carbocycles. The third-order valence-corrected chi connectivity index (χ3v) is 2.84. The van der Waals surface area contributed by atoms with Crippen molar-refractivity contribution in [1.82, 2.24) is 4.57 Å². The summed E-state index contributed by atoms with van der Waals surface area (Å²) in [7, 11) is -8.95. The van der Waals surface area contributed by atoms with E-state index < -0.39 is 25.9 Å². The van der Waals surface area contributed by atoms with Gasteiger partial charge in [-0.15, -0.1) is 0 Å². The summed E-state index contributed by atoms with van der Waals surface area (Å²) in [6.45, 7) is 4.90. The van der Waals surface area contributed by atoms with Crippen molar-refractivity contribution in [3.8, 4) is 0 Å². The van der Waals surface area contributed by atoms with E-state index in [1.807, 2.05) is 0 Å². The Bertz CT molecular complexity index is 593. The molecule has 1 aromatic heterocycles. The monoisotopic (exact) mass is 300 g/mol. The van der Waals surface area contributed by atoms with Gasteiger partial charge in [-0.1, -0.05) is 6.58 Å². The maximum absolute atomic E-state index is 10.7. The van der Waals surface area contributed by atoms with Crippen LogP contribution in [0, 0.1) is 0 Å². The molecule has 1 atom stereocenters. The van der Waals surface area contributed by atoms with E-state index >= 15 is 0 Å². The van der Waals surface area contributed by atoms with Crippen LogP contribution in [0.1, 0.15) is 12.3 Å². The highest BCUT2D eigenvalue weighted by Crippen LogP contribution is 2.02. The average Bonchev–Trinajstić information content (AvgIpc) is 2.60. The summed E-state index contributed by atoms with van der Waals surface area (Å²) in [4.78, 5) is 0. The summed E-state index contributed by atoms with van der Waals surface area (Å²) in [5, 5.41) is -0.978. The van der Waals surface area contributed by atoms with E-state index in [-0.39, 0.29) is 0 Å². The second-order valence-electron chi connectivity index (χ2n) is 3.03. The van der Waals surface area contributed by atoms with Crippen molar-refractivity contribution < 1.29 is 35.1 Å². The lowest BCUT2D eigenvalue weighted by Crippen LogP contribution is -2.40. The van der Waals surface area contributed by atoms with E-state index in [1.165, 1.54) is 24.0 Å². The van der Waals surface area contributed by atoms with Crippen LogP contribution in [-0.2, 0) is 20.5 Å². The third kappa shape index (κ3) is 7.13. The zero-order valence-electron chi connectivity index (χ0n) is 9.24. The molecule has 104 valence electrons. The summed E-state index contributed by atoms with van der Waals surface area (Å²) < 4.78 is 66.0. The van der Waals surface area contributed by atoms with Crippen molar-refractivity contribution in [1.29, 1.82) is 0 Å². The van der Waals surface area contributed by atoms with Gasteiger partial charge in [0.05, 0.1) is 6.20 Å². The Labute approximate surface area is 104 Å². The Hall–Kier alpha value is -1.27. The molecule has 1 aromatic rings. The summed E-state index contributed by atoms with van der Waals surface area (Å²) in [6, 6.07) is 0. The predicted molar refractivity (Wildman–Crippen MR) is 59.6 cm³/mol. The molecular formula is C7H12N2O7S2. The Morgan fingerprint density at radius 2 is 1.83 bits per heavy atom. The topological polar surface area (TPSA) is 141 Å². The van der Waals surface area contributed by atoms with Crippen molar-refractivity contribution in [2.24, 2.45) is 0 Å². The first kappa shape index (κ1) is 16.7. The lowest BCUT2D eigenvalue weighted by atomic mass is 10.7. The molecule has 0 saturated heterocycles. The van der Waals surface area contributed by atoms with Crippen LogP contribution in [-0.4, -0.2) is 35.1 Å². The Balaban J connectivity index is 0.000000494. The number of hydrogen-bond acceptors (Lipinski definition) is 5. The molecule has 0 amide bonds. The van der Waals surface area contributed by atoms with Gasteiger partial charge in [0, 0.05) is 0 Å². The Morgan fingerprint density at radius 1 is 1.39 bits per heavy atom. The fraction of sp³-hybridized carbons (Fsp3) is 0.286. The summed E-state index contributed by atoms with van der Waals surface area (Å²) in [5.41, 5.74) is 0. The minimum atomic E-state index is -4.92. The quantitative estimate of drug-likeness (QED) is 0.426. The van der Waals surface area contributed by atoms with Crippen LogP contribution in [0.2, 0.25) is 0 Å². The van der Waals surface area contributed by atoms with Gasteiger partial charge in [-0.2, -0.15) is 8.42 Å². The third-order valence-electron chi connectivity index (χ3n) is 1.74. The van der Waals surface area contributed by atoms with Crippen molar-refractivity contribution in [2.45, 2.75) is 12.3 Å². The molecular weight excluding hydrogens is 288 g/mol. The van der Waals surface area contributed by atoms with Gasteiger partial charge in [-0.05, 0) is 6.92 Å². The molecule has 0 bridgehead atoms. The van der Waals surface area contributed by atoms with Crippen LogP contribution in [0.4, 0.5) is 0 Å². The van der Waals surface area contributed by atoms with Gasteiger partial charge in [0.15, 0.2) is 0 Å². The molecule has 0 aliphatic heterocycles. The molecule has 0 fully saturated rings. The van der Waals surface area contributed by atoms with Crippen LogP contribution in [0.3, 0.4) is 0 Å². The molecule has 0 aromatic carbocycles. The molecule has 0 saturated carbocycles. The van der Waals surface area contributed by atoms with Crippen molar-refractivity contribution in [2.75, 3.05) is 0 Å². The van der Waals surface area contributed by atoms with Crippen LogP contribution in [0.25, 0.3) is 6.20 Å². The maximum Gasteiger partial charge on any atom is 0.307 e. The van der Waals surface area contributed by atoms with E-state index in [2.05, 4.69) is 6.58 Å². The normalized spacial score (nSPS) is 13.3. The standard InChI is InChI=1S/C7H10N2O3S.H2O4S/c1-3-8-4-5-9(6-8)7(2)13(10,11)12;1-5(2,3)4/h3-7H,1H2,2H3;(H2,1,2,3,4). The maximum atomic E-state index is 10.7. The molecule has 9 nitrogen and oxygen atoms in total. The van der Waals surface area contributed by atoms with Gasteiger partial charge >= 0.3 is 10.1 Å². The Kier molecular flexibility index (Phi) is 5.63. The van der Waals surface area contributed by atoms with Crippen LogP contribution < -0.4 is 4.57 Å². The summed E-state index contributed by atoms with van der Waals surface area (Å²) in [5.74, 6) is 0. The highest BCUT2D eigenvalue weighted by molar-refractivity contribution is 7.85. The van der Waals surface area contributed by atoms with Crippen molar-refractivity contribution in [3.63, 3.8) is 0 Å². The zero-order valence-corrected chi connectivity index (χ0v) is 10.9. The minimum Gasteiger partial charge on any atom is -0.726 e. The fourth-order valence-corrected chi connectivity index (χ4v) is 1.29. The average molecular weight is 300 g/mol. The molecule has 1 rings (SSSR count). The summed E-state index contributed by atoms with van der Waals surface area (Å²) >= 11 is 0. The van der Waals surface area contributed by atoms with E-state index in [9.17, 15) is 8.42 Å². The van der Waals surface area contributed by atoms with E-state index in [0.717, 1.165) is 0 Å². The Morgan fingerprint density at radius 3 is 2.11 bits per heavy atom. The SMILES string of the molecule is C=Cn1cc[n+](C(C)S(=O)(=O)O)c1.O=S(=O)([O-])O. The van der Waals surface area contributed by atoms with Gasteiger partial charge < -0.3 is 4.55 Å². The largest absolute Gasteiger partial charge is 0.726 e. The van der Waals surface area contributed by atoms with Gasteiger partial charge in [-0.25, -0.2) is 17.6 Å². The molecule has 11 heteroatoms. The number of nitrogens with zero attached hydrogens (tertiary/aromatic N) is 2. The number of rotatable bonds is 3. The van der Waals surface area contributed by atoms with Gasteiger partial charge in [0.25, 0.3) is 0 Å². The minimum absolute atomic E-state index is 0.978. The first-order valence-corrected chi connectivity index (χ1v) is 7.17. The second kappa shape index (κ2) is 6.06. The van der Waals surface area contributed by atoms with Crippen molar-refractivity contribution >= 4 is 26.7 Å². The zero-order chi connectivity index (χ0) is 14.6. The smallest absolute Gasteiger partial charge is 0.307 e. The molecule has 18 heavy (non-hydrogen) atoms. The molecule has 0 spiro atoms. The highest BCUT2D eigenvalue weighted by atomic mass is 32.3. The second-order valence-corrected chi connectivity index (χ2v) is 5.60. The van der Waals surface area contributed by atoms with Crippen LogP contribution in [0.15, 0.2) is 25.3 Å². The van der Waals surface area contributed by atoms with E-state index in [1.54, 1.807) is 17.0 Å². The molecule has 1 unspecified atom stereocenters. The van der Waals surface area contributed by atoms with Crippen LogP contribution in [0.5, 0.6) is 0 Å². The van der Waals surface area contributed by atoms with E-state index in [0.29, 0.717) is 0 Å². The first-order chi connectivity index (χ1) is 7.95. The summed E-state index contributed by atoms with van der Waals surface area (Å²) in [6.07, 6.45) is 6.22. The molecule has 0 radical (unpaired) electrons. The van der Waals surface area contributed by atoms with Gasteiger partial charge in [0.1, 0.15) is 12.4 Å². The highest BCUT2D eigenvalue weighted by Gasteiger charge is 2.23. The lowest BCUT2D eigenvalue weighted by Gasteiger charge is -2.02. The van der Waals surface area contributed by atoms with E-state index in [4.69, 9.17) is 22.1 Å². The van der Waals surface area contributed by atoms with Crippen molar-refractivity contribution in [3.05, 3.63) is 25.3 Å². The van der Waals surface area contributed by atoms with Gasteiger partial charge in [-0.3, -0.25) is 9.11 Å². The van der Waals surface area contributed by atoms with Gasteiger partial charge in [0.2, 0.25) is 22.1 Å². The number of hydrogen-bond donors (Lipinski definition) is 2.